The summed E-state index contributed by atoms with van der Waals surface area (Å²) in [6.45, 7) is 3.47. The molecule has 1 spiro atoms. The normalized spacial score (nSPS) is 22.7. The van der Waals surface area contributed by atoms with Crippen LogP contribution in [0.2, 0.25) is 0 Å². The lowest BCUT2D eigenvalue weighted by atomic mass is 9.77. The number of carbonyl (C=O) groups excluding carboxylic acids is 1. The number of nitrogens with zero attached hydrogens (tertiary/aromatic N) is 3. The van der Waals surface area contributed by atoms with E-state index in [1.54, 1.807) is 11.1 Å². The molecule has 1 aromatic carbocycles. The highest BCUT2D eigenvalue weighted by Gasteiger charge is 2.51. The highest BCUT2D eigenvalue weighted by molar-refractivity contribution is 7.90. The summed E-state index contributed by atoms with van der Waals surface area (Å²) in [5, 5.41) is 3.01. The second kappa shape index (κ2) is 5.85. The first-order chi connectivity index (χ1) is 12.3. The molecule has 0 bridgehead atoms. The van der Waals surface area contributed by atoms with E-state index in [4.69, 9.17) is 0 Å². The van der Waals surface area contributed by atoms with Crippen molar-refractivity contribution in [2.24, 2.45) is 0 Å². The number of aromatic nitrogens is 2. The average molecular weight is 372 g/mol. The molecule has 2 aliphatic heterocycles. The van der Waals surface area contributed by atoms with Crippen molar-refractivity contribution in [3.05, 3.63) is 47.3 Å². The molecule has 1 aromatic heterocycles. The van der Waals surface area contributed by atoms with Crippen molar-refractivity contribution in [1.29, 1.82) is 0 Å². The number of nitrogens with one attached hydrogen (secondary N) is 1. The van der Waals surface area contributed by atoms with Crippen LogP contribution in [0.25, 0.3) is 0 Å². The van der Waals surface area contributed by atoms with Crippen molar-refractivity contribution in [2.75, 3.05) is 24.2 Å². The summed E-state index contributed by atoms with van der Waals surface area (Å²) in [6.07, 6.45) is 3.21. The van der Waals surface area contributed by atoms with E-state index in [2.05, 4.69) is 15.3 Å². The molecule has 0 saturated carbocycles. The van der Waals surface area contributed by atoms with E-state index < -0.39 is 15.3 Å². The fourth-order valence-electron chi connectivity index (χ4n) is 3.71. The number of carbonyl (C=O) groups is 1. The minimum absolute atomic E-state index is 0.0444. The monoisotopic (exact) mass is 372 g/mol. The van der Waals surface area contributed by atoms with Crippen LogP contribution in [-0.2, 0) is 26.6 Å². The van der Waals surface area contributed by atoms with Crippen molar-refractivity contribution in [2.45, 2.75) is 30.5 Å². The summed E-state index contributed by atoms with van der Waals surface area (Å²) in [5.74, 6) is -0.0444. The summed E-state index contributed by atoms with van der Waals surface area (Å²) < 4.78 is 23.8. The number of aryl methyl sites for hydroxylation is 1. The van der Waals surface area contributed by atoms with Gasteiger partial charge in [-0.05, 0) is 32.0 Å². The SMILES string of the molecule is Cc1ccc(N2Cc3cnc(S(C)(=O)=O)nc3C3(CCNC3)C2=O)cc1. The third-order valence-electron chi connectivity index (χ3n) is 5.11. The fourth-order valence-corrected chi connectivity index (χ4v) is 4.21. The van der Waals surface area contributed by atoms with E-state index in [0.717, 1.165) is 23.1 Å². The smallest absolute Gasteiger partial charge is 0.247 e. The van der Waals surface area contributed by atoms with Crippen LogP contribution in [0.1, 0.15) is 23.2 Å². The number of amides is 1. The number of fused-ring (bicyclic) bond motifs is 2. The van der Waals surface area contributed by atoms with Crippen LogP contribution in [0.15, 0.2) is 35.6 Å². The molecule has 1 fully saturated rings. The number of anilines is 1. The standard InChI is InChI=1S/C18H20N4O3S/c1-12-3-5-14(6-4-12)22-10-13-9-20-17(26(2,24)25)21-15(13)18(16(22)23)7-8-19-11-18/h3-6,9,19H,7-8,10-11H2,1-2H3. The van der Waals surface area contributed by atoms with Crippen LogP contribution in [0.5, 0.6) is 0 Å². The summed E-state index contributed by atoms with van der Waals surface area (Å²) in [6, 6.07) is 7.81. The molecule has 1 saturated heterocycles. The van der Waals surface area contributed by atoms with Crippen molar-refractivity contribution in [3.8, 4) is 0 Å². The Labute approximate surface area is 152 Å². The molecule has 0 aliphatic carbocycles. The van der Waals surface area contributed by atoms with Gasteiger partial charge in [0.1, 0.15) is 5.41 Å². The zero-order valence-corrected chi connectivity index (χ0v) is 15.5. The summed E-state index contributed by atoms with van der Waals surface area (Å²) in [7, 11) is -3.54. The van der Waals surface area contributed by atoms with E-state index in [0.29, 0.717) is 31.7 Å². The van der Waals surface area contributed by atoms with E-state index in [9.17, 15) is 13.2 Å². The van der Waals surface area contributed by atoms with Gasteiger partial charge in [-0.1, -0.05) is 17.7 Å². The predicted octanol–water partition coefficient (Wildman–Crippen LogP) is 0.966. The number of hydrogen-bond acceptors (Lipinski definition) is 6. The highest BCUT2D eigenvalue weighted by atomic mass is 32.2. The maximum atomic E-state index is 13.4. The van der Waals surface area contributed by atoms with E-state index in [1.807, 2.05) is 31.2 Å². The largest absolute Gasteiger partial charge is 0.315 e. The Morgan fingerprint density at radius 3 is 2.58 bits per heavy atom. The van der Waals surface area contributed by atoms with Crippen molar-refractivity contribution < 1.29 is 13.2 Å². The number of benzene rings is 1. The lowest BCUT2D eigenvalue weighted by molar-refractivity contribution is -0.124. The Kier molecular flexibility index (Phi) is 3.85. The molecular formula is C18H20N4O3S. The Hall–Kier alpha value is -2.32. The first-order valence-electron chi connectivity index (χ1n) is 8.47. The van der Waals surface area contributed by atoms with Crippen LogP contribution in [0.4, 0.5) is 5.69 Å². The Balaban J connectivity index is 1.87. The second-order valence-corrected chi connectivity index (χ2v) is 8.94. The van der Waals surface area contributed by atoms with Gasteiger partial charge in [-0.15, -0.1) is 0 Å². The predicted molar refractivity (Wildman–Crippen MR) is 96.7 cm³/mol. The second-order valence-electron chi connectivity index (χ2n) is 7.03. The maximum Gasteiger partial charge on any atom is 0.247 e. The third-order valence-corrected chi connectivity index (χ3v) is 5.97. The Morgan fingerprint density at radius 2 is 1.96 bits per heavy atom. The van der Waals surface area contributed by atoms with Crippen molar-refractivity contribution in [1.82, 2.24) is 15.3 Å². The summed E-state index contributed by atoms with van der Waals surface area (Å²) in [4.78, 5) is 23.5. The molecular weight excluding hydrogens is 352 g/mol. The molecule has 1 atom stereocenters. The zero-order valence-electron chi connectivity index (χ0n) is 14.7. The van der Waals surface area contributed by atoms with Gasteiger partial charge in [0, 0.05) is 30.2 Å². The molecule has 8 heteroatoms. The van der Waals surface area contributed by atoms with E-state index in [-0.39, 0.29) is 11.1 Å². The number of rotatable bonds is 2. The Morgan fingerprint density at radius 1 is 1.23 bits per heavy atom. The van der Waals surface area contributed by atoms with Crippen LogP contribution in [-0.4, -0.2) is 43.6 Å². The molecule has 3 heterocycles. The summed E-state index contributed by atoms with van der Waals surface area (Å²) >= 11 is 0. The zero-order chi connectivity index (χ0) is 18.5. The average Bonchev–Trinajstić information content (AvgIpc) is 3.09. The van der Waals surface area contributed by atoms with Gasteiger partial charge in [0.15, 0.2) is 0 Å². The van der Waals surface area contributed by atoms with E-state index >= 15 is 0 Å². The molecule has 0 radical (unpaired) electrons. The first-order valence-corrected chi connectivity index (χ1v) is 10.4. The van der Waals surface area contributed by atoms with Crippen molar-refractivity contribution in [3.63, 3.8) is 0 Å². The molecule has 136 valence electrons. The van der Waals surface area contributed by atoms with Crippen LogP contribution < -0.4 is 10.2 Å². The molecule has 4 rings (SSSR count). The maximum absolute atomic E-state index is 13.4. The molecule has 7 nitrogen and oxygen atoms in total. The van der Waals surface area contributed by atoms with Crippen LogP contribution >= 0.6 is 0 Å². The first kappa shape index (κ1) is 17.1. The topological polar surface area (TPSA) is 92.3 Å². The number of hydrogen-bond donors (Lipinski definition) is 1. The molecule has 2 aliphatic rings. The van der Waals surface area contributed by atoms with Gasteiger partial charge in [0.25, 0.3) is 0 Å². The van der Waals surface area contributed by atoms with E-state index in [1.165, 1.54) is 0 Å². The molecule has 1 amide bonds. The van der Waals surface area contributed by atoms with Gasteiger partial charge < -0.3 is 10.2 Å². The van der Waals surface area contributed by atoms with Crippen molar-refractivity contribution >= 4 is 21.4 Å². The molecule has 2 aromatic rings. The van der Waals surface area contributed by atoms with Gasteiger partial charge in [-0.2, -0.15) is 0 Å². The lowest BCUT2D eigenvalue weighted by Gasteiger charge is -2.39. The van der Waals surface area contributed by atoms with Gasteiger partial charge in [-0.3, -0.25) is 4.79 Å². The van der Waals surface area contributed by atoms with Gasteiger partial charge in [0.2, 0.25) is 20.9 Å². The fraction of sp³-hybridized carbons (Fsp3) is 0.389. The van der Waals surface area contributed by atoms with Crippen LogP contribution in [0.3, 0.4) is 0 Å². The van der Waals surface area contributed by atoms with Gasteiger partial charge in [0.05, 0.1) is 12.2 Å². The lowest BCUT2D eigenvalue weighted by Crippen LogP contribution is -2.53. The minimum Gasteiger partial charge on any atom is -0.315 e. The molecule has 1 unspecified atom stereocenters. The van der Waals surface area contributed by atoms with Gasteiger partial charge in [-0.25, -0.2) is 18.4 Å². The highest BCUT2D eigenvalue weighted by Crippen LogP contribution is 2.40. The summed E-state index contributed by atoms with van der Waals surface area (Å²) in [5.41, 5.74) is 2.44. The molecule has 1 N–H and O–H groups in total. The quantitative estimate of drug-likeness (QED) is 0.790. The minimum atomic E-state index is -3.54. The van der Waals surface area contributed by atoms with Gasteiger partial charge >= 0.3 is 0 Å². The molecule has 26 heavy (non-hydrogen) atoms. The third kappa shape index (κ3) is 2.60. The van der Waals surface area contributed by atoms with Crippen LogP contribution in [0, 0.1) is 6.92 Å². The number of sulfone groups is 1. The Bertz CT molecular complexity index is 980.